The summed E-state index contributed by atoms with van der Waals surface area (Å²) in [5.41, 5.74) is 2.04. The largest absolute Gasteiger partial charge is 0.396 e. The standard InChI is InChI=1S/C17H17NO2/c19-12-11-15-16(13-7-3-1-4-8-13)18(17(15)20)14-9-5-2-6-10-14/h1-10,15-16,19H,11-12H2/t15-,16+/m0/s1. The van der Waals surface area contributed by atoms with Gasteiger partial charge in [-0.1, -0.05) is 48.5 Å². The molecule has 0 spiro atoms. The number of carbonyl (C=O) groups is 1. The first-order valence-electron chi connectivity index (χ1n) is 6.87. The number of aliphatic hydroxyl groups is 1. The molecule has 0 bridgehead atoms. The van der Waals surface area contributed by atoms with Gasteiger partial charge in [0, 0.05) is 12.3 Å². The molecule has 1 N–H and O–H groups in total. The van der Waals surface area contributed by atoms with Crippen LogP contribution in [0.3, 0.4) is 0 Å². The molecule has 2 aromatic rings. The quantitative estimate of drug-likeness (QED) is 0.865. The lowest BCUT2D eigenvalue weighted by molar-refractivity contribution is -0.131. The predicted molar refractivity (Wildman–Crippen MR) is 78.3 cm³/mol. The van der Waals surface area contributed by atoms with Gasteiger partial charge < -0.3 is 10.0 Å². The minimum absolute atomic E-state index is 0.0262. The summed E-state index contributed by atoms with van der Waals surface area (Å²) in [6, 6.07) is 19.7. The Balaban J connectivity index is 1.95. The van der Waals surface area contributed by atoms with Crippen molar-refractivity contribution in [2.24, 2.45) is 5.92 Å². The van der Waals surface area contributed by atoms with Gasteiger partial charge in [0.25, 0.3) is 0 Å². The molecule has 3 rings (SSSR count). The maximum Gasteiger partial charge on any atom is 0.233 e. The van der Waals surface area contributed by atoms with Crippen LogP contribution >= 0.6 is 0 Å². The molecule has 2 atom stereocenters. The van der Waals surface area contributed by atoms with Gasteiger partial charge in [-0.3, -0.25) is 4.79 Å². The summed E-state index contributed by atoms with van der Waals surface area (Å²) < 4.78 is 0. The number of hydrogen-bond acceptors (Lipinski definition) is 2. The minimum Gasteiger partial charge on any atom is -0.396 e. The van der Waals surface area contributed by atoms with E-state index in [0.29, 0.717) is 6.42 Å². The van der Waals surface area contributed by atoms with E-state index in [9.17, 15) is 9.90 Å². The number of carbonyl (C=O) groups excluding carboxylic acids is 1. The van der Waals surface area contributed by atoms with E-state index in [1.54, 1.807) is 0 Å². The Bertz CT molecular complexity index is 582. The second-order valence-corrected chi connectivity index (χ2v) is 5.02. The number of benzene rings is 2. The molecular formula is C17H17NO2. The molecule has 0 aromatic heterocycles. The zero-order valence-electron chi connectivity index (χ0n) is 11.1. The van der Waals surface area contributed by atoms with Crippen molar-refractivity contribution in [3.63, 3.8) is 0 Å². The van der Waals surface area contributed by atoms with Crippen molar-refractivity contribution in [3.8, 4) is 0 Å². The monoisotopic (exact) mass is 267 g/mol. The minimum atomic E-state index is -0.123. The molecule has 1 saturated heterocycles. The van der Waals surface area contributed by atoms with Crippen molar-refractivity contribution in [1.82, 2.24) is 0 Å². The summed E-state index contributed by atoms with van der Waals surface area (Å²) in [5, 5.41) is 9.17. The summed E-state index contributed by atoms with van der Waals surface area (Å²) in [6.07, 6.45) is 0.516. The van der Waals surface area contributed by atoms with Crippen LogP contribution in [0.4, 0.5) is 5.69 Å². The molecule has 0 radical (unpaired) electrons. The summed E-state index contributed by atoms with van der Waals surface area (Å²) in [5.74, 6) is -0.0262. The number of nitrogens with zero attached hydrogens (tertiary/aromatic N) is 1. The van der Waals surface area contributed by atoms with E-state index in [1.165, 1.54) is 0 Å². The molecule has 3 heteroatoms. The van der Waals surface area contributed by atoms with Crippen LogP contribution in [0.1, 0.15) is 18.0 Å². The van der Waals surface area contributed by atoms with Crippen LogP contribution in [0.5, 0.6) is 0 Å². The van der Waals surface area contributed by atoms with Gasteiger partial charge >= 0.3 is 0 Å². The average Bonchev–Trinajstić information content (AvgIpc) is 2.51. The summed E-state index contributed by atoms with van der Waals surface area (Å²) in [6.45, 7) is 0.0440. The Kier molecular flexibility index (Phi) is 3.52. The summed E-state index contributed by atoms with van der Waals surface area (Å²) in [7, 11) is 0. The third-order valence-electron chi connectivity index (χ3n) is 3.83. The second-order valence-electron chi connectivity index (χ2n) is 5.02. The number of para-hydroxylation sites is 1. The average molecular weight is 267 g/mol. The Morgan fingerprint density at radius 1 is 0.950 bits per heavy atom. The van der Waals surface area contributed by atoms with Crippen LogP contribution in [0.2, 0.25) is 0 Å². The van der Waals surface area contributed by atoms with E-state index < -0.39 is 0 Å². The first-order chi connectivity index (χ1) is 9.83. The molecule has 1 aliphatic heterocycles. The Morgan fingerprint density at radius 2 is 1.55 bits per heavy atom. The van der Waals surface area contributed by atoms with E-state index in [2.05, 4.69) is 0 Å². The van der Waals surface area contributed by atoms with Crippen LogP contribution < -0.4 is 4.90 Å². The second kappa shape index (κ2) is 5.47. The third kappa shape index (κ3) is 2.10. The molecular weight excluding hydrogens is 250 g/mol. The van der Waals surface area contributed by atoms with Crippen molar-refractivity contribution in [1.29, 1.82) is 0 Å². The fourth-order valence-corrected chi connectivity index (χ4v) is 2.88. The predicted octanol–water partition coefficient (Wildman–Crippen LogP) is 2.77. The molecule has 2 aromatic carbocycles. The van der Waals surface area contributed by atoms with E-state index in [-0.39, 0.29) is 24.5 Å². The molecule has 1 fully saturated rings. The first kappa shape index (κ1) is 12.9. The summed E-state index contributed by atoms with van der Waals surface area (Å²) in [4.78, 5) is 14.2. The Labute approximate surface area is 118 Å². The Hall–Kier alpha value is -2.13. The molecule has 0 aliphatic carbocycles. The maximum absolute atomic E-state index is 12.4. The number of anilines is 1. The van der Waals surface area contributed by atoms with Gasteiger partial charge in [-0.2, -0.15) is 0 Å². The zero-order valence-corrected chi connectivity index (χ0v) is 11.1. The molecule has 1 amide bonds. The van der Waals surface area contributed by atoms with Crippen LogP contribution in [0, 0.1) is 5.92 Å². The Morgan fingerprint density at radius 3 is 2.15 bits per heavy atom. The van der Waals surface area contributed by atoms with Crippen LogP contribution in [-0.2, 0) is 4.79 Å². The number of β-lactam (4-membered cyclic amide) rings is 1. The van der Waals surface area contributed by atoms with Crippen LogP contribution in [0.25, 0.3) is 0 Å². The number of hydrogen-bond donors (Lipinski definition) is 1. The highest BCUT2D eigenvalue weighted by Gasteiger charge is 2.47. The number of aliphatic hydroxyl groups excluding tert-OH is 1. The van der Waals surface area contributed by atoms with Crippen molar-refractivity contribution < 1.29 is 9.90 Å². The molecule has 1 aliphatic rings. The lowest BCUT2D eigenvalue weighted by Gasteiger charge is -2.47. The van der Waals surface area contributed by atoms with Crippen molar-refractivity contribution in [2.75, 3.05) is 11.5 Å². The van der Waals surface area contributed by atoms with Crippen molar-refractivity contribution in [2.45, 2.75) is 12.5 Å². The van der Waals surface area contributed by atoms with Crippen molar-refractivity contribution >= 4 is 11.6 Å². The fraction of sp³-hybridized carbons (Fsp3) is 0.235. The molecule has 1 heterocycles. The maximum atomic E-state index is 12.4. The van der Waals surface area contributed by atoms with Crippen molar-refractivity contribution in [3.05, 3.63) is 66.2 Å². The van der Waals surface area contributed by atoms with Crippen LogP contribution in [-0.4, -0.2) is 17.6 Å². The molecule has 0 unspecified atom stereocenters. The van der Waals surface area contributed by atoms with E-state index in [4.69, 9.17) is 0 Å². The van der Waals surface area contributed by atoms with Gasteiger partial charge in [0.15, 0.2) is 0 Å². The highest BCUT2D eigenvalue weighted by molar-refractivity contribution is 6.03. The normalized spacial score (nSPS) is 21.6. The van der Waals surface area contributed by atoms with Gasteiger partial charge in [-0.15, -0.1) is 0 Å². The SMILES string of the molecule is O=C1[C@@H](CCO)[C@@H](c2ccccc2)N1c1ccccc1. The fourth-order valence-electron chi connectivity index (χ4n) is 2.88. The van der Waals surface area contributed by atoms with E-state index in [1.807, 2.05) is 65.6 Å². The topological polar surface area (TPSA) is 40.5 Å². The molecule has 3 nitrogen and oxygen atoms in total. The first-order valence-corrected chi connectivity index (χ1v) is 6.87. The molecule has 0 saturated carbocycles. The third-order valence-corrected chi connectivity index (χ3v) is 3.83. The van der Waals surface area contributed by atoms with E-state index in [0.717, 1.165) is 11.3 Å². The van der Waals surface area contributed by atoms with Gasteiger partial charge in [0.1, 0.15) is 0 Å². The van der Waals surface area contributed by atoms with Crippen LogP contribution in [0.15, 0.2) is 60.7 Å². The summed E-state index contributed by atoms with van der Waals surface area (Å²) >= 11 is 0. The highest BCUT2D eigenvalue weighted by Crippen LogP contribution is 2.44. The van der Waals surface area contributed by atoms with Gasteiger partial charge in [-0.05, 0) is 24.1 Å². The zero-order chi connectivity index (χ0) is 13.9. The molecule has 102 valence electrons. The number of rotatable bonds is 4. The lowest BCUT2D eigenvalue weighted by atomic mass is 9.80. The van der Waals surface area contributed by atoms with Gasteiger partial charge in [-0.25, -0.2) is 0 Å². The smallest absolute Gasteiger partial charge is 0.233 e. The highest BCUT2D eigenvalue weighted by atomic mass is 16.3. The van der Waals surface area contributed by atoms with E-state index >= 15 is 0 Å². The molecule has 20 heavy (non-hydrogen) atoms. The number of amides is 1. The lowest BCUT2D eigenvalue weighted by Crippen LogP contribution is -2.55. The van der Waals surface area contributed by atoms with Gasteiger partial charge in [0.05, 0.1) is 12.0 Å². The van der Waals surface area contributed by atoms with Gasteiger partial charge in [0.2, 0.25) is 5.91 Å².